The molecule has 102 valence electrons. The van der Waals surface area contributed by atoms with Crippen LogP contribution in [0.25, 0.3) is 0 Å². The molecule has 0 unspecified atom stereocenters. The molecule has 1 amide bonds. The van der Waals surface area contributed by atoms with E-state index in [9.17, 15) is 4.79 Å². The molecule has 1 rings (SSSR count). The van der Waals surface area contributed by atoms with Crippen molar-refractivity contribution in [2.75, 3.05) is 19.3 Å². The van der Waals surface area contributed by atoms with Gasteiger partial charge in [0.05, 0.1) is 6.54 Å². The minimum Gasteiger partial charge on any atom is -0.359 e. The first kappa shape index (κ1) is 14.9. The molecular weight excluding hydrogens is 252 g/mol. The van der Waals surface area contributed by atoms with Crippen LogP contribution in [0.5, 0.6) is 0 Å². The normalized spacial score (nSPS) is 10.9. The van der Waals surface area contributed by atoms with Gasteiger partial charge in [-0.05, 0) is 10.4 Å². The van der Waals surface area contributed by atoms with Gasteiger partial charge in [-0.3, -0.25) is 4.79 Å². The zero-order valence-electron chi connectivity index (χ0n) is 11.0. The van der Waals surface area contributed by atoms with Crippen molar-refractivity contribution in [2.24, 2.45) is 0 Å². The second-order valence-corrected chi connectivity index (χ2v) is 5.13. The molecule has 0 saturated heterocycles. The number of hydrogen-bond acceptors (Lipinski definition) is 6. The molecule has 18 heavy (non-hydrogen) atoms. The van der Waals surface area contributed by atoms with Gasteiger partial charge in [0.25, 0.3) is 0 Å². The Morgan fingerprint density at radius 3 is 2.94 bits per heavy atom. The monoisotopic (exact) mass is 272 g/mol. The maximum atomic E-state index is 11.1. The molecule has 8 heteroatoms. The summed E-state index contributed by atoms with van der Waals surface area (Å²) in [5.41, 5.74) is 0. The Hall–Kier alpha value is -1.15. The molecule has 0 saturated carbocycles. The lowest BCUT2D eigenvalue weighted by Gasteiger charge is -2.08. The molecule has 1 aromatic rings. The van der Waals surface area contributed by atoms with Gasteiger partial charge in [0.15, 0.2) is 0 Å². The molecule has 0 bridgehead atoms. The minimum absolute atomic E-state index is 0.0306. The zero-order valence-corrected chi connectivity index (χ0v) is 11.8. The van der Waals surface area contributed by atoms with Crippen LogP contribution in [0.1, 0.15) is 20.3 Å². The molecule has 7 nitrogen and oxygen atoms in total. The molecule has 0 spiro atoms. The van der Waals surface area contributed by atoms with E-state index in [0.29, 0.717) is 18.2 Å². The lowest BCUT2D eigenvalue weighted by Crippen LogP contribution is -2.27. The zero-order chi connectivity index (χ0) is 13.4. The Kier molecular flexibility index (Phi) is 6.66. The van der Waals surface area contributed by atoms with Crippen LogP contribution in [0.4, 0.5) is 0 Å². The molecule has 0 aromatic carbocycles. The van der Waals surface area contributed by atoms with Crippen molar-refractivity contribution >= 4 is 17.7 Å². The Bertz CT molecular complexity index is 367. The summed E-state index contributed by atoms with van der Waals surface area (Å²) >= 11 is 1.49. The molecule has 0 aliphatic rings. The standard InChI is InChI=1S/C10H20N6OS/c1-8(2)12-5-6-16-10(13-14-15-16)18-7-4-9(17)11-3/h8,12H,4-7H2,1-3H3,(H,11,17). The van der Waals surface area contributed by atoms with E-state index < -0.39 is 0 Å². The van der Waals surface area contributed by atoms with E-state index in [1.54, 1.807) is 11.7 Å². The van der Waals surface area contributed by atoms with Crippen LogP contribution in [0.15, 0.2) is 5.16 Å². The lowest BCUT2D eigenvalue weighted by molar-refractivity contribution is -0.120. The van der Waals surface area contributed by atoms with Gasteiger partial charge in [0.2, 0.25) is 11.1 Å². The summed E-state index contributed by atoms with van der Waals surface area (Å²) < 4.78 is 1.75. The summed E-state index contributed by atoms with van der Waals surface area (Å²) in [5.74, 6) is 0.709. The quantitative estimate of drug-likeness (QED) is 0.643. The van der Waals surface area contributed by atoms with Crippen LogP contribution in [-0.2, 0) is 11.3 Å². The van der Waals surface area contributed by atoms with Crippen molar-refractivity contribution in [2.45, 2.75) is 38.0 Å². The minimum atomic E-state index is 0.0306. The number of carbonyl (C=O) groups excluding carboxylic acids is 1. The fourth-order valence-electron chi connectivity index (χ4n) is 1.26. The van der Waals surface area contributed by atoms with Crippen molar-refractivity contribution in [3.63, 3.8) is 0 Å². The SMILES string of the molecule is CNC(=O)CCSc1nnnn1CCNC(C)C. The number of hydrogen-bond donors (Lipinski definition) is 2. The highest BCUT2D eigenvalue weighted by Crippen LogP contribution is 2.14. The van der Waals surface area contributed by atoms with Gasteiger partial charge in [-0.25, -0.2) is 4.68 Å². The number of rotatable bonds is 8. The predicted octanol–water partition coefficient (Wildman–Crippen LogP) is -0.101. The van der Waals surface area contributed by atoms with E-state index in [4.69, 9.17) is 0 Å². The van der Waals surface area contributed by atoms with Crippen LogP contribution >= 0.6 is 11.8 Å². The van der Waals surface area contributed by atoms with Crippen molar-refractivity contribution in [1.82, 2.24) is 30.8 Å². The molecule has 2 N–H and O–H groups in total. The summed E-state index contributed by atoms with van der Waals surface area (Å²) in [6.45, 7) is 5.75. The number of carbonyl (C=O) groups is 1. The summed E-state index contributed by atoms with van der Waals surface area (Å²) in [6, 6.07) is 0.450. The molecule has 0 radical (unpaired) electrons. The first-order chi connectivity index (χ1) is 8.63. The number of amides is 1. The van der Waals surface area contributed by atoms with Gasteiger partial charge in [-0.15, -0.1) is 5.10 Å². The highest BCUT2D eigenvalue weighted by atomic mass is 32.2. The van der Waals surface area contributed by atoms with E-state index in [0.717, 1.165) is 18.2 Å². The maximum absolute atomic E-state index is 11.1. The molecule has 1 aromatic heterocycles. The third-order valence-corrected chi connectivity index (χ3v) is 3.17. The van der Waals surface area contributed by atoms with Crippen molar-refractivity contribution < 1.29 is 4.79 Å². The summed E-state index contributed by atoms with van der Waals surface area (Å²) in [7, 11) is 1.63. The Morgan fingerprint density at radius 1 is 1.50 bits per heavy atom. The lowest BCUT2D eigenvalue weighted by atomic mass is 10.4. The number of nitrogens with zero attached hydrogens (tertiary/aromatic N) is 4. The number of tetrazole rings is 1. The van der Waals surface area contributed by atoms with Crippen LogP contribution in [-0.4, -0.2) is 51.5 Å². The average Bonchev–Trinajstić information content (AvgIpc) is 2.76. The summed E-state index contributed by atoms with van der Waals surface area (Å²) in [6.07, 6.45) is 0.471. The highest BCUT2D eigenvalue weighted by molar-refractivity contribution is 7.99. The van der Waals surface area contributed by atoms with E-state index in [1.807, 2.05) is 0 Å². The van der Waals surface area contributed by atoms with Gasteiger partial charge < -0.3 is 10.6 Å². The second-order valence-electron chi connectivity index (χ2n) is 4.07. The first-order valence-corrected chi connectivity index (χ1v) is 6.95. The Labute approximate surface area is 111 Å². The number of nitrogens with one attached hydrogen (secondary N) is 2. The number of aromatic nitrogens is 4. The Morgan fingerprint density at radius 2 is 2.28 bits per heavy atom. The van der Waals surface area contributed by atoms with E-state index >= 15 is 0 Å². The maximum Gasteiger partial charge on any atom is 0.220 e. The molecular formula is C10H20N6OS. The van der Waals surface area contributed by atoms with Gasteiger partial charge in [0, 0.05) is 31.8 Å². The van der Waals surface area contributed by atoms with Gasteiger partial charge in [-0.2, -0.15) is 0 Å². The molecule has 0 atom stereocenters. The average molecular weight is 272 g/mol. The van der Waals surface area contributed by atoms with E-state index in [-0.39, 0.29) is 5.91 Å². The van der Waals surface area contributed by atoms with E-state index in [1.165, 1.54) is 11.8 Å². The number of thioether (sulfide) groups is 1. The summed E-state index contributed by atoms with van der Waals surface area (Å²) in [4.78, 5) is 11.1. The van der Waals surface area contributed by atoms with Crippen molar-refractivity contribution in [3.05, 3.63) is 0 Å². The smallest absolute Gasteiger partial charge is 0.220 e. The fraction of sp³-hybridized carbons (Fsp3) is 0.800. The van der Waals surface area contributed by atoms with Crippen LogP contribution < -0.4 is 10.6 Å². The van der Waals surface area contributed by atoms with Gasteiger partial charge >= 0.3 is 0 Å². The largest absolute Gasteiger partial charge is 0.359 e. The van der Waals surface area contributed by atoms with Crippen molar-refractivity contribution in [3.8, 4) is 0 Å². The molecule has 0 fully saturated rings. The summed E-state index contributed by atoms with van der Waals surface area (Å²) in [5, 5.41) is 18.2. The highest BCUT2D eigenvalue weighted by Gasteiger charge is 2.07. The molecule has 0 aliphatic carbocycles. The predicted molar refractivity (Wildman–Crippen MR) is 70.4 cm³/mol. The van der Waals surface area contributed by atoms with Crippen LogP contribution in [0.2, 0.25) is 0 Å². The Balaban J connectivity index is 2.33. The van der Waals surface area contributed by atoms with E-state index in [2.05, 4.69) is 40.0 Å². The second kappa shape index (κ2) is 8.04. The molecule has 0 aliphatic heterocycles. The van der Waals surface area contributed by atoms with Gasteiger partial charge in [0.1, 0.15) is 0 Å². The third kappa shape index (κ3) is 5.46. The third-order valence-electron chi connectivity index (χ3n) is 2.21. The first-order valence-electron chi connectivity index (χ1n) is 5.96. The molecule has 1 heterocycles. The van der Waals surface area contributed by atoms with Gasteiger partial charge in [-0.1, -0.05) is 25.6 Å². The topological polar surface area (TPSA) is 84.7 Å². The fourth-order valence-corrected chi connectivity index (χ4v) is 2.10. The van der Waals surface area contributed by atoms with Crippen molar-refractivity contribution in [1.29, 1.82) is 0 Å². The van der Waals surface area contributed by atoms with Crippen LogP contribution in [0, 0.1) is 0 Å². The van der Waals surface area contributed by atoms with Crippen LogP contribution in [0.3, 0.4) is 0 Å².